The molecule has 0 aliphatic heterocycles. The molecular formula is C35H41FN2O4. The van der Waals surface area contributed by atoms with Gasteiger partial charge in [0.15, 0.2) is 0 Å². The van der Waals surface area contributed by atoms with Crippen LogP contribution in [0.25, 0.3) is 0 Å². The smallest absolute Gasteiger partial charge is 0.336 e. The Kier molecular flexibility index (Phi) is 9.27. The fourth-order valence-corrected chi connectivity index (χ4v) is 7.39. The van der Waals surface area contributed by atoms with Crippen LogP contribution in [-0.2, 0) is 24.4 Å². The molecule has 1 amide bonds. The van der Waals surface area contributed by atoms with E-state index >= 15 is 0 Å². The summed E-state index contributed by atoms with van der Waals surface area (Å²) in [5, 5.41) is 9.24. The maximum absolute atomic E-state index is 13.9. The highest BCUT2D eigenvalue weighted by Crippen LogP contribution is 2.54. The van der Waals surface area contributed by atoms with Gasteiger partial charge in [0.05, 0.1) is 12.0 Å². The average Bonchev–Trinajstić information content (AvgIpc) is 2.95. The molecule has 3 N–H and O–H groups in total. The van der Waals surface area contributed by atoms with E-state index in [2.05, 4.69) is 0 Å². The zero-order valence-electron chi connectivity index (χ0n) is 24.3. The average molecular weight is 573 g/mol. The van der Waals surface area contributed by atoms with E-state index < -0.39 is 5.97 Å². The largest absolute Gasteiger partial charge is 0.489 e. The number of aromatic carboxylic acids is 1. The molecule has 4 bridgehead atoms. The molecule has 4 aliphatic carbocycles. The number of halogens is 1. The molecule has 3 aromatic carbocycles. The molecule has 0 heterocycles. The number of carbonyl (C=O) groups is 2. The first-order chi connectivity index (χ1) is 20.2. The van der Waals surface area contributed by atoms with Crippen molar-refractivity contribution >= 4 is 11.9 Å². The zero-order valence-corrected chi connectivity index (χ0v) is 24.3. The Morgan fingerprint density at radius 2 is 1.48 bits per heavy atom. The number of carboxylic acids is 1. The topological polar surface area (TPSA) is 92.9 Å². The molecule has 7 heteroatoms. The summed E-state index contributed by atoms with van der Waals surface area (Å²) >= 11 is 0. The molecule has 0 atom stereocenters. The van der Waals surface area contributed by atoms with Gasteiger partial charge >= 0.3 is 5.97 Å². The Morgan fingerprint density at radius 1 is 0.905 bits per heavy atom. The van der Waals surface area contributed by atoms with Crippen molar-refractivity contribution in [2.45, 2.75) is 70.6 Å². The molecule has 0 spiro atoms. The Hall–Kier alpha value is -3.71. The van der Waals surface area contributed by atoms with Crippen LogP contribution in [-0.4, -0.2) is 34.0 Å². The Balaban J connectivity index is 0.000000262. The van der Waals surface area contributed by atoms with Gasteiger partial charge in [-0.25, -0.2) is 9.18 Å². The summed E-state index contributed by atoms with van der Waals surface area (Å²) in [6, 6.07) is 20.2. The summed E-state index contributed by atoms with van der Waals surface area (Å²) in [5.74, 6) is 2.23. The van der Waals surface area contributed by atoms with Crippen LogP contribution in [0.2, 0.25) is 0 Å². The number of ether oxygens (including phenoxy) is 1. The van der Waals surface area contributed by atoms with E-state index in [0.717, 1.165) is 23.3 Å². The molecule has 0 saturated heterocycles. The lowest BCUT2D eigenvalue weighted by molar-refractivity contribution is -0.130. The van der Waals surface area contributed by atoms with Crippen LogP contribution in [0, 0.1) is 23.6 Å². The van der Waals surface area contributed by atoms with E-state index in [1.807, 2.05) is 6.92 Å². The molecule has 0 unspecified atom stereocenters. The monoisotopic (exact) mass is 572 g/mol. The summed E-state index contributed by atoms with van der Waals surface area (Å²) < 4.78 is 19.6. The van der Waals surface area contributed by atoms with Crippen molar-refractivity contribution < 1.29 is 23.8 Å². The second-order valence-corrected chi connectivity index (χ2v) is 12.4. The second kappa shape index (κ2) is 13.1. The molecule has 4 fully saturated rings. The number of carboxylic acid groups (broad SMARTS) is 1. The number of hydrogen-bond donors (Lipinski definition) is 2. The summed E-state index contributed by atoms with van der Waals surface area (Å²) in [6.45, 7) is 2.71. The Morgan fingerprint density at radius 3 is 2.02 bits per heavy atom. The third-order valence-corrected chi connectivity index (χ3v) is 9.06. The lowest BCUT2D eigenvalue weighted by Gasteiger charge is -2.55. The quantitative estimate of drug-likeness (QED) is 0.301. The molecule has 4 aliphatic rings. The van der Waals surface area contributed by atoms with Gasteiger partial charge < -0.3 is 20.5 Å². The molecular weight excluding hydrogens is 531 g/mol. The van der Waals surface area contributed by atoms with Crippen LogP contribution < -0.4 is 10.5 Å². The zero-order chi connectivity index (χ0) is 29.7. The first-order valence-electron chi connectivity index (χ1n) is 15.0. The van der Waals surface area contributed by atoms with Crippen molar-refractivity contribution in [1.29, 1.82) is 0 Å². The normalized spacial score (nSPS) is 23.5. The fraction of sp³-hybridized carbons (Fsp3) is 0.429. The molecule has 0 radical (unpaired) electrons. The lowest BCUT2D eigenvalue weighted by Crippen LogP contribution is -2.55. The number of likely N-dealkylation sites (N-methyl/N-ethyl adjacent to an activating group) is 1. The van der Waals surface area contributed by atoms with Crippen molar-refractivity contribution in [3.63, 3.8) is 0 Å². The van der Waals surface area contributed by atoms with Crippen LogP contribution in [0.4, 0.5) is 4.39 Å². The predicted octanol–water partition coefficient (Wildman–Crippen LogP) is 6.61. The minimum Gasteiger partial charge on any atom is -0.489 e. The van der Waals surface area contributed by atoms with Gasteiger partial charge in [-0.2, -0.15) is 0 Å². The van der Waals surface area contributed by atoms with Crippen LogP contribution in [0.3, 0.4) is 0 Å². The maximum Gasteiger partial charge on any atom is 0.336 e. The van der Waals surface area contributed by atoms with Gasteiger partial charge in [0, 0.05) is 29.8 Å². The van der Waals surface area contributed by atoms with Gasteiger partial charge in [-0.05, 0) is 93.0 Å². The standard InChI is InChI=1S/C25H24FNO4.C10H17N/c1-2-27(16-19-7-4-6-10-23(19)26)24(28)15-18-11-13-21(14-12-18)31-17-20-8-3-5-9-22(20)25(29)30;11-10-4-7-1-8(5-10)3-9(2-7)6-10/h3-14H,2,15-17H2,1H3,(H,29,30);7-9H,1-6,11H2. The van der Waals surface area contributed by atoms with E-state index in [1.54, 1.807) is 65.6 Å². The molecule has 4 saturated carbocycles. The third-order valence-electron chi connectivity index (χ3n) is 9.06. The van der Waals surface area contributed by atoms with Gasteiger partial charge in [-0.15, -0.1) is 0 Å². The lowest BCUT2D eigenvalue weighted by atomic mass is 9.53. The molecule has 7 rings (SSSR count). The van der Waals surface area contributed by atoms with Gasteiger partial charge in [0.1, 0.15) is 18.2 Å². The minimum absolute atomic E-state index is 0.0881. The van der Waals surface area contributed by atoms with E-state index in [-0.39, 0.29) is 36.9 Å². The van der Waals surface area contributed by atoms with E-state index in [1.165, 1.54) is 50.7 Å². The van der Waals surface area contributed by atoms with Crippen molar-refractivity contribution in [3.05, 3.63) is 101 Å². The van der Waals surface area contributed by atoms with Gasteiger partial charge in [0.2, 0.25) is 5.91 Å². The second-order valence-electron chi connectivity index (χ2n) is 12.4. The van der Waals surface area contributed by atoms with E-state index in [4.69, 9.17) is 10.5 Å². The molecule has 3 aromatic rings. The number of rotatable bonds is 9. The van der Waals surface area contributed by atoms with Gasteiger partial charge in [-0.1, -0.05) is 48.5 Å². The highest BCUT2D eigenvalue weighted by molar-refractivity contribution is 5.89. The summed E-state index contributed by atoms with van der Waals surface area (Å²) in [5.41, 5.74) is 8.72. The highest BCUT2D eigenvalue weighted by atomic mass is 19.1. The van der Waals surface area contributed by atoms with E-state index in [0.29, 0.717) is 29.0 Å². The summed E-state index contributed by atoms with van der Waals surface area (Å²) in [7, 11) is 0. The van der Waals surface area contributed by atoms with Crippen LogP contribution in [0.15, 0.2) is 72.8 Å². The Labute approximate surface area is 247 Å². The molecule has 42 heavy (non-hydrogen) atoms. The SMILES string of the molecule is CCN(Cc1ccccc1F)C(=O)Cc1ccc(OCc2ccccc2C(=O)O)cc1.NC12CC3CC(CC(C3)C1)C2. The number of nitrogens with two attached hydrogens (primary N) is 1. The summed E-state index contributed by atoms with van der Waals surface area (Å²) in [4.78, 5) is 25.6. The maximum atomic E-state index is 13.9. The number of amides is 1. The minimum atomic E-state index is -0.996. The number of nitrogens with zero attached hydrogens (tertiary/aromatic N) is 1. The molecule has 222 valence electrons. The van der Waals surface area contributed by atoms with Gasteiger partial charge in [-0.3, -0.25) is 4.79 Å². The molecule has 0 aromatic heterocycles. The first kappa shape index (κ1) is 29.8. The van der Waals surface area contributed by atoms with Crippen molar-refractivity contribution in [2.24, 2.45) is 23.5 Å². The Bertz CT molecular complexity index is 1350. The number of benzene rings is 3. The van der Waals surface area contributed by atoms with Crippen LogP contribution in [0.1, 0.15) is 72.5 Å². The predicted molar refractivity (Wildman–Crippen MR) is 160 cm³/mol. The fourth-order valence-electron chi connectivity index (χ4n) is 7.39. The van der Waals surface area contributed by atoms with Crippen LogP contribution >= 0.6 is 0 Å². The molecule has 6 nitrogen and oxygen atoms in total. The third kappa shape index (κ3) is 7.37. The van der Waals surface area contributed by atoms with E-state index in [9.17, 15) is 19.1 Å². The van der Waals surface area contributed by atoms with Crippen molar-refractivity contribution in [1.82, 2.24) is 4.90 Å². The van der Waals surface area contributed by atoms with Crippen molar-refractivity contribution in [2.75, 3.05) is 6.54 Å². The van der Waals surface area contributed by atoms with Crippen LogP contribution in [0.5, 0.6) is 5.75 Å². The van der Waals surface area contributed by atoms with Gasteiger partial charge in [0.25, 0.3) is 0 Å². The highest BCUT2D eigenvalue weighted by Gasteiger charge is 2.48. The summed E-state index contributed by atoms with van der Waals surface area (Å²) in [6.07, 6.45) is 8.77. The van der Waals surface area contributed by atoms with Crippen molar-refractivity contribution in [3.8, 4) is 5.75 Å². The first-order valence-corrected chi connectivity index (χ1v) is 15.0. The number of carbonyl (C=O) groups excluding carboxylic acids is 1. The number of hydrogen-bond acceptors (Lipinski definition) is 4.